The topological polar surface area (TPSA) is 94.2 Å². The molecule has 0 unspecified atom stereocenters. The fraction of sp³-hybridized carbons (Fsp3) is 0.321. The third-order valence-electron chi connectivity index (χ3n) is 6.12. The van der Waals surface area contributed by atoms with Gasteiger partial charge in [0.1, 0.15) is 23.9 Å². The molecule has 202 valence electrons. The van der Waals surface area contributed by atoms with Crippen molar-refractivity contribution < 1.29 is 27.4 Å². The summed E-state index contributed by atoms with van der Waals surface area (Å²) in [7, 11) is -2.50. The van der Waals surface area contributed by atoms with Gasteiger partial charge in [-0.2, -0.15) is 0 Å². The van der Waals surface area contributed by atoms with Gasteiger partial charge in [-0.15, -0.1) is 0 Å². The largest absolute Gasteiger partial charge is 0.497 e. The number of hydrogen-bond donors (Lipinski definition) is 1. The van der Waals surface area contributed by atoms with Crippen molar-refractivity contribution in [1.82, 2.24) is 5.32 Å². The van der Waals surface area contributed by atoms with Crippen molar-refractivity contribution in [1.29, 1.82) is 0 Å². The molecule has 0 fully saturated rings. The van der Waals surface area contributed by atoms with Gasteiger partial charge in [0.2, 0.25) is 0 Å². The fourth-order valence-corrected chi connectivity index (χ4v) is 5.54. The predicted octanol–water partition coefficient (Wildman–Crippen LogP) is 4.80. The zero-order chi connectivity index (χ0) is 27.5. The van der Waals surface area contributed by atoms with Crippen LogP contribution in [-0.2, 0) is 20.2 Å². The maximum Gasteiger partial charge on any atom is 0.264 e. The van der Waals surface area contributed by atoms with Crippen LogP contribution >= 0.6 is 11.6 Å². The number of halogens is 1. The molecular weight excluding hydrogens is 528 g/mol. The first kappa shape index (κ1) is 27.6. The molecule has 8 nitrogen and oxygen atoms in total. The van der Waals surface area contributed by atoms with Crippen LogP contribution in [0.15, 0.2) is 71.6 Å². The van der Waals surface area contributed by atoms with Gasteiger partial charge < -0.3 is 19.5 Å². The highest BCUT2D eigenvalue weighted by Gasteiger charge is 2.38. The van der Waals surface area contributed by atoms with Crippen LogP contribution in [0.3, 0.4) is 0 Å². The normalized spacial score (nSPS) is 15.3. The van der Waals surface area contributed by atoms with Crippen LogP contribution in [0.5, 0.6) is 17.2 Å². The van der Waals surface area contributed by atoms with E-state index in [1.165, 1.54) is 23.5 Å². The van der Waals surface area contributed by atoms with Crippen LogP contribution in [0.2, 0.25) is 5.02 Å². The average Bonchev–Trinajstić information content (AvgIpc) is 2.90. The van der Waals surface area contributed by atoms with E-state index in [0.29, 0.717) is 28.0 Å². The number of ether oxygens (including phenoxy) is 3. The number of fused-ring (bicyclic) bond motifs is 1. The molecule has 1 N–H and O–H groups in total. The molecule has 4 rings (SSSR count). The van der Waals surface area contributed by atoms with Crippen LogP contribution in [0.1, 0.15) is 26.3 Å². The Labute approximate surface area is 228 Å². The second kappa shape index (κ2) is 11.1. The maximum absolute atomic E-state index is 13.8. The Morgan fingerprint density at radius 1 is 1.05 bits per heavy atom. The van der Waals surface area contributed by atoms with Crippen LogP contribution < -0.4 is 23.8 Å². The number of amides is 1. The lowest BCUT2D eigenvalue weighted by atomic mass is 9.86. The Kier molecular flexibility index (Phi) is 8.08. The molecular formula is C28H31ClN2O6S. The summed E-state index contributed by atoms with van der Waals surface area (Å²) in [6.07, 6.45) is -1.05. The van der Waals surface area contributed by atoms with E-state index < -0.39 is 22.0 Å². The van der Waals surface area contributed by atoms with Gasteiger partial charge in [0.25, 0.3) is 15.9 Å². The van der Waals surface area contributed by atoms with Gasteiger partial charge in [0.05, 0.1) is 30.8 Å². The summed E-state index contributed by atoms with van der Waals surface area (Å²) in [6.45, 7) is 6.38. The second-order valence-corrected chi connectivity index (χ2v) is 12.1. The summed E-state index contributed by atoms with van der Waals surface area (Å²) in [4.78, 5) is 13.1. The van der Waals surface area contributed by atoms with E-state index in [-0.39, 0.29) is 30.0 Å². The van der Waals surface area contributed by atoms with Gasteiger partial charge in [-0.25, -0.2) is 8.42 Å². The number of hydrogen-bond acceptors (Lipinski definition) is 6. The Morgan fingerprint density at radius 3 is 2.34 bits per heavy atom. The van der Waals surface area contributed by atoms with Gasteiger partial charge in [-0.3, -0.25) is 9.10 Å². The van der Waals surface area contributed by atoms with E-state index >= 15 is 0 Å². The molecule has 1 aliphatic rings. The van der Waals surface area contributed by atoms with E-state index in [9.17, 15) is 13.2 Å². The molecule has 10 heteroatoms. The Bertz CT molecular complexity index is 1390. The van der Waals surface area contributed by atoms with Crippen molar-refractivity contribution in [3.63, 3.8) is 0 Å². The monoisotopic (exact) mass is 558 g/mol. The number of nitrogens with one attached hydrogen (secondary N) is 1. The highest BCUT2D eigenvalue weighted by atomic mass is 35.5. The molecule has 0 spiro atoms. The number of carbonyl (C=O) groups is 1. The standard InChI is InChI=1S/C28H31ClN2O6S/c1-28(2,3)19-5-14-25-24(17-19)31(38(33,34)23-12-10-21(35-4)11-13-23)18-26(37-25)27(32)30-15-16-36-22-8-6-20(29)7-9-22/h5-14,17,26H,15-16,18H2,1-4H3,(H,30,32)/t26-/m1/s1. The van der Waals surface area contributed by atoms with Crippen molar-refractivity contribution in [3.05, 3.63) is 77.3 Å². The molecule has 3 aromatic rings. The molecule has 1 atom stereocenters. The number of benzene rings is 3. The minimum absolute atomic E-state index is 0.0860. The number of methoxy groups -OCH3 is 1. The summed E-state index contributed by atoms with van der Waals surface area (Å²) in [5.41, 5.74) is 1.11. The second-order valence-electron chi connectivity index (χ2n) is 9.84. The fourth-order valence-electron chi connectivity index (χ4n) is 3.94. The summed E-state index contributed by atoms with van der Waals surface area (Å²) >= 11 is 5.88. The van der Waals surface area contributed by atoms with Crippen LogP contribution in [0, 0.1) is 0 Å². The zero-order valence-electron chi connectivity index (χ0n) is 21.7. The lowest BCUT2D eigenvalue weighted by Crippen LogP contribution is -2.51. The Hall–Kier alpha value is -3.43. The van der Waals surface area contributed by atoms with E-state index in [1.807, 2.05) is 32.9 Å². The van der Waals surface area contributed by atoms with Gasteiger partial charge in [0.15, 0.2) is 6.10 Å². The Morgan fingerprint density at radius 2 is 1.71 bits per heavy atom. The summed E-state index contributed by atoms with van der Waals surface area (Å²) in [5.74, 6) is 1.04. The number of nitrogens with zero attached hydrogens (tertiary/aromatic N) is 1. The lowest BCUT2D eigenvalue weighted by Gasteiger charge is -2.36. The van der Waals surface area contributed by atoms with Crippen molar-refractivity contribution in [2.75, 3.05) is 31.1 Å². The SMILES string of the molecule is COc1ccc(S(=O)(=O)N2C[C@H](C(=O)NCCOc3ccc(Cl)cc3)Oc3ccc(C(C)(C)C)cc32)cc1. The van der Waals surface area contributed by atoms with Crippen LogP contribution in [0.25, 0.3) is 0 Å². The molecule has 0 aromatic heterocycles. The van der Waals surface area contributed by atoms with E-state index in [4.69, 9.17) is 25.8 Å². The van der Waals surface area contributed by atoms with Crippen molar-refractivity contribution in [2.45, 2.75) is 37.2 Å². The third-order valence-corrected chi connectivity index (χ3v) is 8.16. The summed E-state index contributed by atoms with van der Waals surface area (Å²) < 4.78 is 45.6. The summed E-state index contributed by atoms with van der Waals surface area (Å²) in [6, 6.07) is 18.5. The number of sulfonamides is 1. The molecule has 38 heavy (non-hydrogen) atoms. The van der Waals surface area contributed by atoms with Crippen LogP contribution in [-0.4, -0.2) is 47.2 Å². The molecule has 0 saturated carbocycles. The first-order chi connectivity index (χ1) is 18.0. The molecule has 1 aliphatic heterocycles. The highest BCUT2D eigenvalue weighted by Crippen LogP contribution is 2.40. The van der Waals surface area contributed by atoms with E-state index in [2.05, 4.69) is 5.32 Å². The predicted molar refractivity (Wildman–Crippen MR) is 147 cm³/mol. The van der Waals surface area contributed by atoms with E-state index in [1.54, 1.807) is 42.5 Å². The Balaban J connectivity index is 1.55. The molecule has 0 bridgehead atoms. The molecule has 0 radical (unpaired) electrons. The van der Waals surface area contributed by atoms with Gasteiger partial charge in [-0.1, -0.05) is 38.4 Å². The first-order valence-electron chi connectivity index (χ1n) is 12.1. The number of rotatable bonds is 8. The molecule has 3 aromatic carbocycles. The third kappa shape index (κ3) is 6.16. The molecule has 1 heterocycles. The van der Waals surface area contributed by atoms with Crippen LogP contribution in [0.4, 0.5) is 5.69 Å². The van der Waals surface area contributed by atoms with Gasteiger partial charge >= 0.3 is 0 Å². The quantitative estimate of drug-likeness (QED) is 0.399. The maximum atomic E-state index is 13.8. The van der Waals surface area contributed by atoms with Gasteiger partial charge in [-0.05, 0) is 71.6 Å². The number of carbonyl (C=O) groups excluding carboxylic acids is 1. The van der Waals surface area contributed by atoms with Crippen molar-refractivity contribution in [2.24, 2.45) is 0 Å². The minimum Gasteiger partial charge on any atom is -0.497 e. The lowest BCUT2D eigenvalue weighted by molar-refractivity contribution is -0.127. The zero-order valence-corrected chi connectivity index (χ0v) is 23.3. The summed E-state index contributed by atoms with van der Waals surface area (Å²) in [5, 5.41) is 3.38. The first-order valence-corrected chi connectivity index (χ1v) is 13.9. The highest BCUT2D eigenvalue weighted by molar-refractivity contribution is 7.92. The number of anilines is 1. The molecule has 1 amide bonds. The van der Waals surface area contributed by atoms with Gasteiger partial charge in [0, 0.05) is 5.02 Å². The smallest absolute Gasteiger partial charge is 0.264 e. The van der Waals surface area contributed by atoms with E-state index in [0.717, 1.165) is 5.56 Å². The molecule has 0 aliphatic carbocycles. The molecule has 0 saturated heterocycles. The van der Waals surface area contributed by atoms with Crippen molar-refractivity contribution >= 4 is 33.2 Å². The minimum atomic E-state index is -4.01. The average molecular weight is 559 g/mol. The van der Waals surface area contributed by atoms with Crippen molar-refractivity contribution in [3.8, 4) is 17.2 Å².